The van der Waals surface area contributed by atoms with Crippen LogP contribution < -0.4 is 24.4 Å². The minimum Gasteiger partial charge on any atom is -0.497 e. The zero-order valence-corrected chi connectivity index (χ0v) is 22.1. The van der Waals surface area contributed by atoms with E-state index in [2.05, 4.69) is 16.3 Å². The van der Waals surface area contributed by atoms with Crippen LogP contribution in [-0.4, -0.2) is 49.6 Å². The fourth-order valence-electron chi connectivity index (χ4n) is 4.94. The number of methoxy groups -OCH3 is 1. The van der Waals surface area contributed by atoms with E-state index in [0.717, 1.165) is 52.5 Å². The molecule has 9 heteroatoms. The molecule has 0 saturated carbocycles. The van der Waals surface area contributed by atoms with E-state index < -0.39 is 6.09 Å². The number of pyridine rings is 1. The van der Waals surface area contributed by atoms with Crippen LogP contribution in [0.5, 0.6) is 23.1 Å². The van der Waals surface area contributed by atoms with Gasteiger partial charge in [-0.15, -0.1) is 0 Å². The Balaban J connectivity index is 1.34. The maximum Gasteiger partial charge on any atom is 0.409 e. The fraction of sp³-hybridized carbons (Fsp3) is 0.226. The van der Waals surface area contributed by atoms with Crippen molar-refractivity contribution >= 4 is 17.5 Å². The number of amides is 1. The highest BCUT2D eigenvalue weighted by Crippen LogP contribution is 2.44. The summed E-state index contributed by atoms with van der Waals surface area (Å²) < 4.78 is 23.4. The minimum absolute atomic E-state index is 0.360. The van der Waals surface area contributed by atoms with Crippen LogP contribution in [-0.2, 0) is 17.8 Å². The first-order valence-electron chi connectivity index (χ1n) is 13.1. The van der Waals surface area contributed by atoms with Crippen molar-refractivity contribution in [2.45, 2.75) is 13.0 Å². The third kappa shape index (κ3) is 5.50. The lowest BCUT2D eigenvalue weighted by Gasteiger charge is -2.29. The summed E-state index contributed by atoms with van der Waals surface area (Å²) in [6, 6.07) is 23.2. The molecule has 1 saturated heterocycles. The number of ether oxygens (including phenoxy) is 4. The summed E-state index contributed by atoms with van der Waals surface area (Å²) in [5, 5.41) is 11.5. The summed E-state index contributed by atoms with van der Waals surface area (Å²) in [5.41, 5.74) is 6.04. The fourth-order valence-corrected chi connectivity index (χ4v) is 4.94. The second kappa shape index (κ2) is 11.2. The Labute approximate surface area is 231 Å². The molecule has 2 N–H and O–H groups in total. The summed E-state index contributed by atoms with van der Waals surface area (Å²) in [7, 11) is 1.64. The predicted molar refractivity (Wildman–Crippen MR) is 151 cm³/mol. The average molecular weight is 540 g/mol. The van der Waals surface area contributed by atoms with Gasteiger partial charge in [-0.3, -0.25) is 5.32 Å². The Bertz CT molecular complexity index is 1530. The van der Waals surface area contributed by atoms with Crippen molar-refractivity contribution in [1.82, 2.24) is 4.98 Å². The molecular formula is C31H29N3O6. The highest BCUT2D eigenvalue weighted by Gasteiger charge is 2.23. The van der Waals surface area contributed by atoms with Crippen molar-refractivity contribution < 1.29 is 28.8 Å². The number of nitrogens with zero attached hydrogens (tertiary/aromatic N) is 2. The summed E-state index contributed by atoms with van der Waals surface area (Å²) in [6.07, 6.45) is -0.460. The average Bonchev–Trinajstić information content (AvgIpc) is 2.99. The van der Waals surface area contributed by atoms with E-state index in [1.165, 1.54) is 0 Å². The van der Waals surface area contributed by atoms with Crippen LogP contribution in [0.1, 0.15) is 16.7 Å². The van der Waals surface area contributed by atoms with E-state index in [9.17, 15) is 4.79 Å². The van der Waals surface area contributed by atoms with E-state index >= 15 is 0 Å². The highest BCUT2D eigenvalue weighted by atomic mass is 16.5. The number of para-hydroxylation sites is 1. The van der Waals surface area contributed by atoms with Gasteiger partial charge >= 0.3 is 6.09 Å². The zero-order chi connectivity index (χ0) is 27.5. The van der Waals surface area contributed by atoms with Gasteiger partial charge in [0.2, 0.25) is 5.88 Å². The predicted octanol–water partition coefficient (Wildman–Crippen LogP) is 5.96. The van der Waals surface area contributed by atoms with Gasteiger partial charge in [0.15, 0.2) is 0 Å². The largest absolute Gasteiger partial charge is 0.497 e. The molecule has 0 aliphatic carbocycles. The number of nitrogens with one attached hydrogen (secondary N) is 1. The normalized spacial score (nSPS) is 14.0. The molecule has 40 heavy (non-hydrogen) atoms. The second-order valence-corrected chi connectivity index (χ2v) is 9.61. The molecule has 1 aromatic heterocycles. The summed E-state index contributed by atoms with van der Waals surface area (Å²) in [4.78, 5) is 18.3. The molecule has 0 unspecified atom stereocenters. The van der Waals surface area contributed by atoms with Gasteiger partial charge in [0, 0.05) is 48.6 Å². The number of carboxylic acid groups (broad SMARTS) is 1. The molecule has 9 nitrogen and oxygen atoms in total. The van der Waals surface area contributed by atoms with E-state index in [1.54, 1.807) is 19.2 Å². The topological polar surface area (TPSA) is 102 Å². The molecule has 3 aromatic carbocycles. The van der Waals surface area contributed by atoms with Gasteiger partial charge in [0.1, 0.15) is 23.9 Å². The molecule has 6 rings (SSSR count). The number of hydrogen-bond acceptors (Lipinski definition) is 7. The lowest BCUT2D eigenvalue weighted by atomic mass is 9.96. The Kier molecular flexibility index (Phi) is 7.11. The number of anilines is 2. The van der Waals surface area contributed by atoms with Crippen LogP contribution in [0.2, 0.25) is 0 Å². The highest BCUT2D eigenvalue weighted by molar-refractivity contribution is 5.83. The minimum atomic E-state index is -1.12. The van der Waals surface area contributed by atoms with Gasteiger partial charge in [-0.2, -0.15) is 0 Å². The molecular weight excluding hydrogens is 510 g/mol. The van der Waals surface area contributed by atoms with Gasteiger partial charge in [0.05, 0.1) is 26.0 Å². The molecule has 1 amide bonds. The Morgan fingerprint density at radius 3 is 2.62 bits per heavy atom. The maximum absolute atomic E-state index is 11.2. The van der Waals surface area contributed by atoms with Crippen LogP contribution in [0, 0.1) is 0 Å². The van der Waals surface area contributed by atoms with Crippen molar-refractivity contribution in [1.29, 1.82) is 0 Å². The van der Waals surface area contributed by atoms with E-state index in [1.807, 2.05) is 54.6 Å². The van der Waals surface area contributed by atoms with E-state index in [0.29, 0.717) is 49.3 Å². The van der Waals surface area contributed by atoms with E-state index in [-0.39, 0.29) is 0 Å². The summed E-state index contributed by atoms with van der Waals surface area (Å²) in [5.74, 6) is 2.62. The SMILES string of the molecule is COc1ccc(COc2cc(N3CCOCC3)cc(-c3cccc4c3Oc3cc(NC(=O)O)ccc3C4)n2)cc1. The first kappa shape index (κ1) is 25.5. The Morgan fingerprint density at radius 2 is 1.85 bits per heavy atom. The molecule has 1 fully saturated rings. The molecule has 2 aliphatic heterocycles. The van der Waals surface area contributed by atoms with Crippen molar-refractivity contribution in [3.63, 3.8) is 0 Å². The van der Waals surface area contributed by atoms with Gasteiger partial charge < -0.3 is 29.0 Å². The lowest BCUT2D eigenvalue weighted by molar-refractivity contribution is 0.122. The standard InChI is InChI=1S/C31H29N3O6/c1-37-25-9-5-20(6-10-25)19-39-29-18-24(34-11-13-38-14-12-34)17-27(33-29)26-4-2-3-22-15-21-7-8-23(32-31(35)36)16-28(21)40-30(22)26/h2-10,16-18,32H,11-15,19H2,1H3,(H,35,36). The van der Waals surface area contributed by atoms with Crippen molar-refractivity contribution in [2.75, 3.05) is 43.6 Å². The second-order valence-electron chi connectivity index (χ2n) is 9.61. The number of aromatic nitrogens is 1. The molecule has 204 valence electrons. The van der Waals surface area contributed by atoms with Crippen molar-refractivity contribution in [3.05, 3.63) is 89.5 Å². The smallest absolute Gasteiger partial charge is 0.409 e. The van der Waals surface area contributed by atoms with Gasteiger partial charge in [0.25, 0.3) is 0 Å². The lowest BCUT2D eigenvalue weighted by Crippen LogP contribution is -2.36. The van der Waals surface area contributed by atoms with Crippen LogP contribution in [0.3, 0.4) is 0 Å². The van der Waals surface area contributed by atoms with Crippen LogP contribution >= 0.6 is 0 Å². The number of fused-ring (bicyclic) bond motifs is 2. The molecule has 2 aliphatic rings. The molecule has 0 atom stereocenters. The summed E-state index contributed by atoms with van der Waals surface area (Å²) >= 11 is 0. The number of morpholine rings is 1. The Hall–Kier alpha value is -4.76. The Morgan fingerprint density at radius 1 is 1.02 bits per heavy atom. The molecule has 4 aromatic rings. The zero-order valence-electron chi connectivity index (χ0n) is 22.1. The monoisotopic (exact) mass is 539 g/mol. The third-order valence-corrected chi connectivity index (χ3v) is 6.99. The van der Waals surface area contributed by atoms with Crippen LogP contribution in [0.4, 0.5) is 16.2 Å². The van der Waals surface area contributed by atoms with E-state index in [4.69, 9.17) is 29.0 Å². The maximum atomic E-state index is 11.2. The van der Waals surface area contributed by atoms with Crippen LogP contribution in [0.25, 0.3) is 11.3 Å². The summed E-state index contributed by atoms with van der Waals surface area (Å²) in [6.45, 7) is 3.23. The van der Waals surface area contributed by atoms with Gasteiger partial charge in [-0.1, -0.05) is 30.3 Å². The quantitative estimate of drug-likeness (QED) is 0.261. The number of benzene rings is 3. The van der Waals surface area contributed by atoms with Gasteiger partial charge in [-0.25, -0.2) is 9.78 Å². The number of hydrogen-bond donors (Lipinski definition) is 2. The first-order chi connectivity index (χ1) is 19.6. The van der Waals surface area contributed by atoms with Crippen molar-refractivity contribution in [3.8, 4) is 34.4 Å². The third-order valence-electron chi connectivity index (χ3n) is 6.99. The molecule has 3 heterocycles. The molecule has 0 radical (unpaired) electrons. The van der Waals surface area contributed by atoms with Crippen LogP contribution in [0.15, 0.2) is 72.8 Å². The number of rotatable bonds is 7. The molecule has 0 bridgehead atoms. The van der Waals surface area contributed by atoms with Crippen molar-refractivity contribution in [2.24, 2.45) is 0 Å². The van der Waals surface area contributed by atoms with Gasteiger partial charge in [-0.05, 0) is 47.0 Å². The molecule has 0 spiro atoms. The number of carbonyl (C=O) groups is 1. The first-order valence-corrected chi connectivity index (χ1v) is 13.1.